The largest absolute Gasteiger partial charge is 0.423 e. The lowest BCUT2D eigenvalue weighted by Gasteiger charge is -2.04. The molecule has 0 fully saturated rings. The molecule has 3 aromatic rings. The van der Waals surface area contributed by atoms with Crippen LogP contribution in [-0.4, -0.2) is 16.9 Å². The van der Waals surface area contributed by atoms with Crippen molar-refractivity contribution in [1.29, 1.82) is 0 Å². The highest BCUT2D eigenvalue weighted by Gasteiger charge is 2.09. The molecule has 0 aliphatic carbocycles. The molecule has 4 heteroatoms. The lowest BCUT2D eigenvalue weighted by atomic mass is 10.2. The third-order valence-electron chi connectivity index (χ3n) is 3.03. The van der Waals surface area contributed by atoms with Gasteiger partial charge >= 0.3 is 5.97 Å². The maximum atomic E-state index is 11.9. The Morgan fingerprint density at radius 1 is 1.05 bits per heavy atom. The summed E-state index contributed by atoms with van der Waals surface area (Å²) in [6, 6.07) is 15.7. The van der Waals surface area contributed by atoms with E-state index in [1.165, 1.54) is 4.57 Å². The average Bonchev–Trinajstić information content (AvgIpc) is 2.90. The SMILES string of the molecule is O=Cn1ccc2cc(OC(=O)c3ccccc3)ccc21. The monoisotopic (exact) mass is 265 g/mol. The van der Waals surface area contributed by atoms with Crippen LogP contribution in [0.25, 0.3) is 10.9 Å². The minimum Gasteiger partial charge on any atom is -0.423 e. The van der Waals surface area contributed by atoms with E-state index in [1.807, 2.05) is 6.07 Å². The summed E-state index contributed by atoms with van der Waals surface area (Å²) in [5.41, 5.74) is 1.28. The van der Waals surface area contributed by atoms with Gasteiger partial charge < -0.3 is 4.74 Å². The van der Waals surface area contributed by atoms with Gasteiger partial charge in [-0.25, -0.2) is 4.79 Å². The molecule has 0 saturated heterocycles. The van der Waals surface area contributed by atoms with Gasteiger partial charge in [-0.3, -0.25) is 9.36 Å². The number of nitrogens with zero attached hydrogens (tertiary/aromatic N) is 1. The van der Waals surface area contributed by atoms with Crippen molar-refractivity contribution in [3.63, 3.8) is 0 Å². The van der Waals surface area contributed by atoms with Gasteiger partial charge in [0.1, 0.15) is 5.75 Å². The fourth-order valence-electron chi connectivity index (χ4n) is 2.04. The van der Waals surface area contributed by atoms with Crippen molar-refractivity contribution >= 4 is 23.3 Å². The molecule has 0 amide bonds. The molecule has 0 bridgehead atoms. The van der Waals surface area contributed by atoms with Crippen molar-refractivity contribution in [2.24, 2.45) is 0 Å². The van der Waals surface area contributed by atoms with Crippen molar-refractivity contribution in [1.82, 2.24) is 4.57 Å². The highest BCUT2D eigenvalue weighted by molar-refractivity contribution is 5.92. The number of benzene rings is 2. The molecule has 20 heavy (non-hydrogen) atoms. The number of hydrogen-bond donors (Lipinski definition) is 0. The second-order valence-corrected chi connectivity index (χ2v) is 4.30. The molecule has 2 aromatic carbocycles. The van der Waals surface area contributed by atoms with Crippen LogP contribution in [0.3, 0.4) is 0 Å². The first-order valence-corrected chi connectivity index (χ1v) is 6.11. The Balaban J connectivity index is 1.88. The van der Waals surface area contributed by atoms with Crippen LogP contribution >= 0.6 is 0 Å². The molecule has 0 aliphatic rings. The quantitative estimate of drug-likeness (QED) is 0.415. The molecule has 0 radical (unpaired) electrons. The smallest absolute Gasteiger partial charge is 0.343 e. The van der Waals surface area contributed by atoms with Gasteiger partial charge in [-0.05, 0) is 36.4 Å². The number of esters is 1. The van der Waals surface area contributed by atoms with Gasteiger partial charge in [0.05, 0.1) is 11.1 Å². The third-order valence-corrected chi connectivity index (χ3v) is 3.03. The topological polar surface area (TPSA) is 48.3 Å². The molecule has 98 valence electrons. The van der Waals surface area contributed by atoms with Crippen LogP contribution in [0.4, 0.5) is 0 Å². The number of carbonyl (C=O) groups excluding carboxylic acids is 2. The van der Waals surface area contributed by atoms with Gasteiger partial charge in [0.2, 0.25) is 6.41 Å². The molecular formula is C16H11NO3. The van der Waals surface area contributed by atoms with Crippen LogP contribution in [-0.2, 0) is 4.79 Å². The molecule has 0 spiro atoms. The summed E-state index contributed by atoms with van der Waals surface area (Å²) in [6.07, 6.45) is 2.40. The summed E-state index contributed by atoms with van der Waals surface area (Å²) in [5.74, 6) is 0.0507. The number of fused-ring (bicyclic) bond motifs is 1. The van der Waals surface area contributed by atoms with Crippen molar-refractivity contribution in [3.8, 4) is 5.75 Å². The lowest BCUT2D eigenvalue weighted by Crippen LogP contribution is -2.07. The van der Waals surface area contributed by atoms with E-state index in [-0.39, 0.29) is 0 Å². The van der Waals surface area contributed by atoms with E-state index in [4.69, 9.17) is 4.74 Å². The van der Waals surface area contributed by atoms with Crippen molar-refractivity contribution < 1.29 is 14.3 Å². The first kappa shape index (κ1) is 12.2. The molecule has 0 N–H and O–H groups in total. The maximum absolute atomic E-state index is 11.9. The van der Waals surface area contributed by atoms with E-state index in [1.54, 1.807) is 54.7 Å². The number of aromatic nitrogens is 1. The zero-order valence-corrected chi connectivity index (χ0v) is 10.5. The molecule has 0 atom stereocenters. The predicted octanol–water partition coefficient (Wildman–Crippen LogP) is 2.90. The molecule has 1 aromatic heterocycles. The Kier molecular flexibility index (Phi) is 3.05. The van der Waals surface area contributed by atoms with E-state index in [2.05, 4.69) is 0 Å². The van der Waals surface area contributed by atoms with Crippen molar-refractivity contribution in [3.05, 3.63) is 66.4 Å². The van der Waals surface area contributed by atoms with Crippen molar-refractivity contribution in [2.45, 2.75) is 0 Å². The van der Waals surface area contributed by atoms with Gasteiger partial charge in [-0.1, -0.05) is 18.2 Å². The highest BCUT2D eigenvalue weighted by Crippen LogP contribution is 2.22. The molecule has 3 rings (SSSR count). The fourth-order valence-corrected chi connectivity index (χ4v) is 2.04. The van der Waals surface area contributed by atoms with Gasteiger partial charge in [0.25, 0.3) is 0 Å². The summed E-state index contributed by atoms with van der Waals surface area (Å²) in [7, 11) is 0. The van der Waals surface area contributed by atoms with Crippen LogP contribution in [0, 0.1) is 0 Å². The van der Waals surface area contributed by atoms with Crippen LogP contribution in [0.2, 0.25) is 0 Å². The predicted molar refractivity (Wildman–Crippen MR) is 75.5 cm³/mol. The second-order valence-electron chi connectivity index (χ2n) is 4.30. The van der Waals surface area contributed by atoms with E-state index >= 15 is 0 Å². The first-order valence-electron chi connectivity index (χ1n) is 6.11. The zero-order valence-electron chi connectivity index (χ0n) is 10.5. The van der Waals surface area contributed by atoms with Gasteiger partial charge in [0, 0.05) is 11.6 Å². The number of rotatable bonds is 3. The van der Waals surface area contributed by atoms with Gasteiger partial charge in [0.15, 0.2) is 0 Å². The Hall–Kier alpha value is -2.88. The van der Waals surface area contributed by atoms with E-state index in [0.29, 0.717) is 11.3 Å². The van der Waals surface area contributed by atoms with E-state index in [0.717, 1.165) is 17.3 Å². The maximum Gasteiger partial charge on any atom is 0.343 e. The fraction of sp³-hybridized carbons (Fsp3) is 0. The summed E-state index contributed by atoms with van der Waals surface area (Å²) >= 11 is 0. The van der Waals surface area contributed by atoms with Crippen LogP contribution in [0.1, 0.15) is 10.4 Å². The zero-order chi connectivity index (χ0) is 13.9. The minimum absolute atomic E-state index is 0.403. The number of carbonyl (C=O) groups is 2. The summed E-state index contributed by atoms with van der Waals surface area (Å²) in [5, 5.41) is 0.843. The molecular weight excluding hydrogens is 254 g/mol. The Morgan fingerprint density at radius 2 is 1.85 bits per heavy atom. The third kappa shape index (κ3) is 2.19. The van der Waals surface area contributed by atoms with E-state index < -0.39 is 5.97 Å². The second kappa shape index (κ2) is 5.01. The summed E-state index contributed by atoms with van der Waals surface area (Å²) in [4.78, 5) is 22.7. The van der Waals surface area contributed by atoms with E-state index in [9.17, 15) is 9.59 Å². The first-order chi connectivity index (χ1) is 9.78. The van der Waals surface area contributed by atoms with Crippen LogP contribution < -0.4 is 4.74 Å². The molecule has 1 heterocycles. The number of hydrogen-bond acceptors (Lipinski definition) is 3. The van der Waals surface area contributed by atoms with Crippen LogP contribution in [0.15, 0.2) is 60.8 Å². The molecule has 0 unspecified atom stereocenters. The molecule has 0 saturated carbocycles. The van der Waals surface area contributed by atoms with Gasteiger partial charge in [-0.2, -0.15) is 0 Å². The Bertz CT molecular complexity index is 775. The molecule has 4 nitrogen and oxygen atoms in total. The lowest BCUT2D eigenvalue weighted by molar-refractivity contribution is 0.0735. The summed E-state index contributed by atoms with van der Waals surface area (Å²) in [6.45, 7) is 0. The van der Waals surface area contributed by atoms with Crippen molar-refractivity contribution in [2.75, 3.05) is 0 Å². The average molecular weight is 265 g/mol. The van der Waals surface area contributed by atoms with Crippen LogP contribution in [0.5, 0.6) is 5.75 Å². The molecule has 0 aliphatic heterocycles. The Morgan fingerprint density at radius 3 is 2.60 bits per heavy atom. The summed E-state index contributed by atoms with van der Waals surface area (Å²) < 4.78 is 6.79. The Labute approximate surface area is 115 Å². The highest BCUT2D eigenvalue weighted by atomic mass is 16.5. The number of ether oxygens (including phenoxy) is 1. The standard InChI is InChI=1S/C16H11NO3/c18-11-17-9-8-13-10-14(6-7-15(13)17)20-16(19)12-4-2-1-3-5-12/h1-11H. The minimum atomic E-state index is -0.403. The normalized spacial score (nSPS) is 10.4. The van der Waals surface area contributed by atoms with Gasteiger partial charge in [-0.15, -0.1) is 0 Å².